The van der Waals surface area contributed by atoms with Crippen LogP contribution in [0.1, 0.15) is 16.7 Å². The molecule has 0 radical (unpaired) electrons. The fourth-order valence-corrected chi connectivity index (χ4v) is 2.44. The summed E-state index contributed by atoms with van der Waals surface area (Å²) in [5.74, 6) is -0.309. The molecule has 0 spiro atoms. The molecule has 0 bridgehead atoms. The fourth-order valence-electron chi connectivity index (χ4n) is 2.44. The third-order valence-corrected chi connectivity index (χ3v) is 4.01. The van der Waals surface area contributed by atoms with E-state index in [1.54, 1.807) is 18.2 Å². The lowest BCUT2D eigenvalue weighted by atomic mass is 10.1. The quantitative estimate of drug-likeness (QED) is 0.410. The van der Waals surface area contributed by atoms with Crippen LogP contribution in [-0.4, -0.2) is 38.0 Å². The Morgan fingerprint density at radius 1 is 0.935 bits per heavy atom. The lowest BCUT2D eigenvalue weighted by Gasteiger charge is -2.10. The summed E-state index contributed by atoms with van der Waals surface area (Å²) in [5.41, 5.74) is 12.2. The predicted molar refractivity (Wildman–Crippen MR) is 114 cm³/mol. The van der Waals surface area contributed by atoms with Gasteiger partial charge in [0.2, 0.25) is 0 Å². The average molecular weight is 427 g/mol. The molecule has 0 aliphatic carbocycles. The van der Waals surface area contributed by atoms with Crippen molar-refractivity contribution in [3.05, 3.63) is 59.2 Å². The highest BCUT2D eigenvalue weighted by Crippen LogP contribution is 2.28. The second-order valence-electron chi connectivity index (χ2n) is 6.59. The van der Waals surface area contributed by atoms with E-state index in [9.17, 15) is 14.4 Å². The Morgan fingerprint density at radius 2 is 1.68 bits per heavy atom. The van der Waals surface area contributed by atoms with Gasteiger partial charge in [0, 0.05) is 6.08 Å². The molecule has 0 aliphatic rings. The van der Waals surface area contributed by atoms with Gasteiger partial charge in [0.15, 0.2) is 24.7 Å². The molecule has 2 rings (SSSR count). The van der Waals surface area contributed by atoms with Crippen molar-refractivity contribution >= 4 is 23.8 Å². The van der Waals surface area contributed by atoms with Crippen molar-refractivity contribution in [3.8, 4) is 17.2 Å². The first-order chi connectivity index (χ1) is 14.8. The summed E-state index contributed by atoms with van der Waals surface area (Å²) in [6.07, 6.45) is 2.76. The maximum atomic E-state index is 11.9. The summed E-state index contributed by atoms with van der Waals surface area (Å²) in [7, 11) is 1.45. The van der Waals surface area contributed by atoms with E-state index in [1.165, 1.54) is 19.3 Å². The molecule has 3 amide bonds. The van der Waals surface area contributed by atoms with E-state index in [1.807, 2.05) is 32.0 Å². The van der Waals surface area contributed by atoms with Crippen LogP contribution in [0.2, 0.25) is 0 Å². The van der Waals surface area contributed by atoms with Gasteiger partial charge in [-0.05, 0) is 54.8 Å². The number of carbonyl (C=O) groups excluding carboxylic acids is 3. The van der Waals surface area contributed by atoms with Gasteiger partial charge in [-0.15, -0.1) is 0 Å². The lowest BCUT2D eigenvalue weighted by Crippen LogP contribution is -2.43. The molecule has 0 atom stereocenters. The van der Waals surface area contributed by atoms with Gasteiger partial charge in [0.25, 0.3) is 17.7 Å². The number of rotatable bonds is 9. The molecule has 0 fully saturated rings. The number of amides is 3. The number of primary amides is 1. The number of hydrazine groups is 1. The van der Waals surface area contributed by atoms with Crippen molar-refractivity contribution in [2.45, 2.75) is 13.8 Å². The van der Waals surface area contributed by atoms with Crippen molar-refractivity contribution in [2.24, 2.45) is 5.73 Å². The van der Waals surface area contributed by atoms with E-state index >= 15 is 0 Å². The molecule has 0 aliphatic heterocycles. The lowest BCUT2D eigenvalue weighted by molar-refractivity contribution is -0.128. The summed E-state index contributed by atoms with van der Waals surface area (Å²) in [4.78, 5) is 34.6. The molecular formula is C22H25N3O6. The number of benzene rings is 2. The first-order valence-electron chi connectivity index (χ1n) is 9.34. The molecule has 9 nitrogen and oxygen atoms in total. The van der Waals surface area contributed by atoms with Gasteiger partial charge >= 0.3 is 0 Å². The molecule has 0 saturated heterocycles. The summed E-state index contributed by atoms with van der Waals surface area (Å²) >= 11 is 0. The summed E-state index contributed by atoms with van der Waals surface area (Å²) in [6, 6.07) is 10.6. The minimum Gasteiger partial charge on any atom is -0.493 e. The van der Waals surface area contributed by atoms with E-state index in [0.717, 1.165) is 11.1 Å². The zero-order chi connectivity index (χ0) is 22.8. The van der Waals surface area contributed by atoms with Crippen LogP contribution >= 0.6 is 0 Å². The Kier molecular flexibility index (Phi) is 8.44. The molecule has 2 aromatic carbocycles. The molecule has 9 heteroatoms. The van der Waals surface area contributed by atoms with Gasteiger partial charge < -0.3 is 19.9 Å². The van der Waals surface area contributed by atoms with Crippen LogP contribution < -0.4 is 30.8 Å². The Bertz CT molecular complexity index is 987. The number of aryl methyl sites for hydroxylation is 2. The number of ether oxygens (including phenoxy) is 3. The number of nitrogens with one attached hydrogen (secondary N) is 2. The van der Waals surface area contributed by atoms with Crippen LogP contribution in [0, 0.1) is 13.8 Å². The highest BCUT2D eigenvalue weighted by atomic mass is 16.5. The minimum atomic E-state index is -0.607. The van der Waals surface area contributed by atoms with Crippen molar-refractivity contribution in [1.82, 2.24) is 10.9 Å². The second kappa shape index (κ2) is 11.2. The topological polar surface area (TPSA) is 129 Å². The van der Waals surface area contributed by atoms with Crippen molar-refractivity contribution in [1.29, 1.82) is 0 Å². The van der Waals surface area contributed by atoms with Crippen LogP contribution in [0.25, 0.3) is 6.08 Å². The molecule has 0 heterocycles. The minimum absolute atomic E-state index is 0.238. The molecule has 0 saturated carbocycles. The van der Waals surface area contributed by atoms with Crippen molar-refractivity contribution in [2.75, 3.05) is 20.3 Å². The first kappa shape index (κ1) is 23.3. The van der Waals surface area contributed by atoms with Gasteiger partial charge in [-0.2, -0.15) is 0 Å². The van der Waals surface area contributed by atoms with E-state index in [4.69, 9.17) is 19.9 Å². The number of nitrogens with two attached hydrogens (primary N) is 1. The maximum absolute atomic E-state index is 11.9. The van der Waals surface area contributed by atoms with Crippen LogP contribution in [-0.2, 0) is 14.4 Å². The molecule has 4 N–H and O–H groups in total. The normalized spacial score (nSPS) is 10.4. The van der Waals surface area contributed by atoms with Crippen molar-refractivity contribution in [3.63, 3.8) is 0 Å². The number of hydrogen-bond donors (Lipinski definition) is 3. The van der Waals surface area contributed by atoms with E-state index < -0.39 is 17.7 Å². The van der Waals surface area contributed by atoms with Gasteiger partial charge in [-0.25, -0.2) is 0 Å². The zero-order valence-corrected chi connectivity index (χ0v) is 17.6. The van der Waals surface area contributed by atoms with Gasteiger partial charge in [0.05, 0.1) is 7.11 Å². The van der Waals surface area contributed by atoms with Gasteiger partial charge in [-0.1, -0.05) is 18.2 Å². The highest BCUT2D eigenvalue weighted by molar-refractivity contribution is 5.93. The molecule has 164 valence electrons. The molecule has 0 unspecified atom stereocenters. The molecule has 0 aromatic heterocycles. The predicted octanol–water partition coefficient (Wildman–Crippen LogP) is 1.42. The summed E-state index contributed by atoms with van der Waals surface area (Å²) in [5, 5.41) is 0. The number of methoxy groups -OCH3 is 1. The largest absolute Gasteiger partial charge is 0.493 e. The summed E-state index contributed by atoms with van der Waals surface area (Å²) in [6.45, 7) is 3.29. The Hall–Kier alpha value is -4.01. The molecule has 2 aromatic rings. The van der Waals surface area contributed by atoms with Gasteiger partial charge in [0.1, 0.15) is 5.75 Å². The molecular weight excluding hydrogens is 402 g/mol. The SMILES string of the molecule is COc1cc(/C=C/C(=O)NNC(=O)COc2cc(C)ccc2C)ccc1OCC(N)=O. The van der Waals surface area contributed by atoms with Crippen LogP contribution in [0.3, 0.4) is 0 Å². The van der Waals surface area contributed by atoms with Crippen LogP contribution in [0.15, 0.2) is 42.5 Å². The van der Waals surface area contributed by atoms with Crippen molar-refractivity contribution < 1.29 is 28.6 Å². The maximum Gasteiger partial charge on any atom is 0.276 e. The number of carbonyl (C=O) groups is 3. The van der Waals surface area contributed by atoms with Crippen LogP contribution in [0.4, 0.5) is 0 Å². The van der Waals surface area contributed by atoms with E-state index in [0.29, 0.717) is 22.8 Å². The first-order valence-corrected chi connectivity index (χ1v) is 9.34. The zero-order valence-electron chi connectivity index (χ0n) is 17.6. The van der Waals surface area contributed by atoms with E-state index in [-0.39, 0.29) is 13.2 Å². The highest BCUT2D eigenvalue weighted by Gasteiger charge is 2.08. The van der Waals surface area contributed by atoms with Gasteiger partial charge in [-0.3, -0.25) is 25.2 Å². The fraction of sp³-hybridized carbons (Fsp3) is 0.227. The summed E-state index contributed by atoms with van der Waals surface area (Å²) < 4.78 is 15.9. The van der Waals surface area contributed by atoms with E-state index in [2.05, 4.69) is 10.9 Å². The second-order valence-corrected chi connectivity index (χ2v) is 6.59. The standard InChI is InChI=1S/C22H25N3O6/c1-14-4-5-15(2)18(10-14)31-13-22(28)25-24-21(27)9-7-16-6-8-17(19(11-16)29-3)30-12-20(23)26/h4-11H,12-13H2,1-3H3,(H2,23,26)(H,24,27)(H,25,28)/b9-7+. The van der Waals surface area contributed by atoms with Crippen LogP contribution in [0.5, 0.6) is 17.2 Å². The molecule has 31 heavy (non-hydrogen) atoms. The smallest absolute Gasteiger partial charge is 0.276 e. The monoisotopic (exact) mass is 427 g/mol. The number of hydrogen-bond acceptors (Lipinski definition) is 6. The Balaban J connectivity index is 1.84. The third kappa shape index (κ3) is 7.73. The Labute approximate surface area is 180 Å². The third-order valence-electron chi connectivity index (χ3n) is 4.01. The average Bonchev–Trinajstić information content (AvgIpc) is 2.75. The Morgan fingerprint density at radius 3 is 2.39 bits per heavy atom.